The lowest BCUT2D eigenvalue weighted by atomic mass is 10.1. The summed E-state index contributed by atoms with van der Waals surface area (Å²) in [6, 6.07) is 4.37. The Kier molecular flexibility index (Phi) is 3.91. The van der Waals surface area contributed by atoms with Crippen LogP contribution < -0.4 is 5.32 Å². The number of pyridine rings is 1. The van der Waals surface area contributed by atoms with Gasteiger partial charge in [0.15, 0.2) is 0 Å². The first kappa shape index (κ1) is 11.1. The van der Waals surface area contributed by atoms with Gasteiger partial charge in [-0.05, 0) is 31.4 Å². The molecule has 1 aromatic rings. The second-order valence-corrected chi connectivity index (χ2v) is 4.29. The zero-order valence-electron chi connectivity index (χ0n) is 9.82. The van der Waals surface area contributed by atoms with Crippen LogP contribution in [0.2, 0.25) is 0 Å². The van der Waals surface area contributed by atoms with E-state index in [1.54, 1.807) is 6.20 Å². The zero-order valence-corrected chi connectivity index (χ0v) is 9.82. The first-order chi connectivity index (χ1) is 7.86. The Hall–Kier alpha value is -1.38. The van der Waals surface area contributed by atoms with E-state index in [0.717, 1.165) is 18.8 Å². The van der Waals surface area contributed by atoms with Crippen LogP contribution in [0.25, 0.3) is 0 Å². The van der Waals surface area contributed by atoms with Crippen molar-refractivity contribution in [3.63, 3.8) is 0 Å². The summed E-state index contributed by atoms with van der Waals surface area (Å²) in [7, 11) is 0. The normalized spacial score (nSPS) is 18.4. The van der Waals surface area contributed by atoms with E-state index in [1.165, 1.54) is 24.8 Å². The predicted octanol–water partition coefficient (Wildman–Crippen LogP) is 2.70. The average molecular weight is 217 g/mol. The summed E-state index contributed by atoms with van der Waals surface area (Å²) in [6.45, 7) is 3.13. The van der Waals surface area contributed by atoms with Crippen molar-refractivity contribution in [2.24, 2.45) is 4.99 Å². The quantitative estimate of drug-likeness (QED) is 0.827. The van der Waals surface area contributed by atoms with E-state index in [2.05, 4.69) is 28.3 Å². The highest BCUT2D eigenvalue weighted by atomic mass is 15.0. The molecule has 0 bridgehead atoms. The zero-order chi connectivity index (χ0) is 11.2. The van der Waals surface area contributed by atoms with Crippen LogP contribution in [-0.2, 0) is 0 Å². The molecule has 1 atom stereocenters. The van der Waals surface area contributed by atoms with Crippen LogP contribution in [0, 0.1) is 0 Å². The Labute approximate surface area is 97.0 Å². The lowest BCUT2D eigenvalue weighted by Crippen LogP contribution is -2.26. The third-order valence-corrected chi connectivity index (χ3v) is 2.94. The number of rotatable bonds is 2. The van der Waals surface area contributed by atoms with Gasteiger partial charge in [-0.1, -0.05) is 12.5 Å². The first-order valence-corrected chi connectivity index (χ1v) is 6.06. The van der Waals surface area contributed by atoms with E-state index in [0.29, 0.717) is 6.04 Å². The minimum absolute atomic E-state index is 0.297. The minimum atomic E-state index is 0.297. The molecule has 0 aliphatic carbocycles. The van der Waals surface area contributed by atoms with Crippen molar-refractivity contribution in [1.82, 2.24) is 10.3 Å². The van der Waals surface area contributed by atoms with E-state index in [-0.39, 0.29) is 0 Å². The second kappa shape index (κ2) is 5.64. The van der Waals surface area contributed by atoms with Crippen molar-refractivity contribution in [3.8, 4) is 0 Å². The third-order valence-electron chi connectivity index (χ3n) is 2.94. The summed E-state index contributed by atoms with van der Waals surface area (Å²) >= 11 is 0. The monoisotopic (exact) mass is 217 g/mol. The van der Waals surface area contributed by atoms with E-state index in [1.807, 2.05) is 12.3 Å². The van der Waals surface area contributed by atoms with Gasteiger partial charge in [0.05, 0.1) is 11.9 Å². The van der Waals surface area contributed by atoms with Crippen molar-refractivity contribution in [3.05, 3.63) is 30.1 Å². The topological polar surface area (TPSA) is 37.3 Å². The summed E-state index contributed by atoms with van der Waals surface area (Å²) in [5.74, 6) is 1.16. The molecule has 0 saturated carbocycles. The molecule has 2 heterocycles. The van der Waals surface area contributed by atoms with Gasteiger partial charge in [-0.15, -0.1) is 0 Å². The molecule has 3 heteroatoms. The smallest absolute Gasteiger partial charge is 0.0967 e. The van der Waals surface area contributed by atoms with Crippen molar-refractivity contribution in [2.75, 3.05) is 6.54 Å². The molecule has 0 unspecified atom stereocenters. The lowest BCUT2D eigenvalue weighted by molar-refractivity contribution is 0.691. The van der Waals surface area contributed by atoms with E-state index in [4.69, 9.17) is 0 Å². The largest absolute Gasteiger partial charge is 0.367 e. The van der Waals surface area contributed by atoms with Crippen LogP contribution in [0.1, 0.15) is 44.2 Å². The fourth-order valence-corrected chi connectivity index (χ4v) is 1.96. The highest BCUT2D eigenvalue weighted by Gasteiger charge is 2.09. The fourth-order valence-electron chi connectivity index (χ4n) is 1.96. The van der Waals surface area contributed by atoms with Crippen LogP contribution in [-0.4, -0.2) is 17.4 Å². The van der Waals surface area contributed by atoms with Gasteiger partial charge in [0.1, 0.15) is 0 Å². The highest BCUT2D eigenvalue weighted by Crippen LogP contribution is 2.12. The van der Waals surface area contributed by atoms with Crippen LogP contribution in [0.3, 0.4) is 0 Å². The maximum atomic E-state index is 4.57. The summed E-state index contributed by atoms with van der Waals surface area (Å²) < 4.78 is 0. The van der Waals surface area contributed by atoms with Crippen molar-refractivity contribution < 1.29 is 0 Å². The standard InChI is InChI=1S/C13H19N3/c1-11(12-6-5-8-14-10-12)16-13-7-3-2-4-9-15-13/h5-6,8,10-11H,2-4,7,9H2,1H3,(H,15,16)/t11-/m1/s1. The predicted molar refractivity (Wildman–Crippen MR) is 66.6 cm³/mol. The summed E-state index contributed by atoms with van der Waals surface area (Å²) in [4.78, 5) is 8.71. The molecule has 1 N–H and O–H groups in total. The van der Waals surface area contributed by atoms with Gasteiger partial charge in [-0.2, -0.15) is 0 Å². The molecule has 1 aliphatic rings. The fraction of sp³-hybridized carbons (Fsp3) is 0.538. The molecule has 86 valence electrons. The third kappa shape index (κ3) is 3.05. The molecule has 0 spiro atoms. The summed E-state index contributed by atoms with van der Waals surface area (Å²) in [5.41, 5.74) is 1.22. The Balaban J connectivity index is 1.96. The molecule has 0 saturated heterocycles. The minimum Gasteiger partial charge on any atom is -0.367 e. The van der Waals surface area contributed by atoms with E-state index >= 15 is 0 Å². The Morgan fingerprint density at radius 1 is 1.31 bits per heavy atom. The molecule has 0 fully saturated rings. The van der Waals surface area contributed by atoms with Crippen molar-refractivity contribution >= 4 is 5.84 Å². The van der Waals surface area contributed by atoms with Crippen LogP contribution in [0.4, 0.5) is 0 Å². The lowest BCUT2D eigenvalue weighted by Gasteiger charge is -2.16. The van der Waals surface area contributed by atoms with E-state index < -0.39 is 0 Å². The molecule has 16 heavy (non-hydrogen) atoms. The molecule has 0 amide bonds. The van der Waals surface area contributed by atoms with Gasteiger partial charge < -0.3 is 5.32 Å². The van der Waals surface area contributed by atoms with E-state index in [9.17, 15) is 0 Å². The second-order valence-electron chi connectivity index (χ2n) is 4.29. The number of nitrogens with one attached hydrogen (secondary N) is 1. The highest BCUT2D eigenvalue weighted by molar-refractivity contribution is 5.82. The van der Waals surface area contributed by atoms with Gasteiger partial charge >= 0.3 is 0 Å². The molecule has 3 nitrogen and oxygen atoms in total. The summed E-state index contributed by atoms with van der Waals surface area (Å²) in [6.07, 6.45) is 8.59. The number of hydrogen-bond donors (Lipinski definition) is 1. The summed E-state index contributed by atoms with van der Waals surface area (Å²) in [5, 5.41) is 3.49. The molecule has 2 rings (SSSR count). The molecule has 0 radical (unpaired) electrons. The number of aromatic nitrogens is 1. The molecular formula is C13H19N3. The SMILES string of the molecule is C[C@@H](NC1=NCCCCC1)c1cccnc1. The average Bonchev–Trinajstić information content (AvgIpc) is 2.59. The van der Waals surface area contributed by atoms with Gasteiger partial charge in [0, 0.05) is 25.4 Å². The van der Waals surface area contributed by atoms with Crippen LogP contribution in [0.15, 0.2) is 29.5 Å². The Morgan fingerprint density at radius 2 is 2.25 bits per heavy atom. The molecule has 1 aliphatic heterocycles. The maximum Gasteiger partial charge on any atom is 0.0967 e. The molecule has 0 aromatic carbocycles. The number of nitrogens with zero attached hydrogens (tertiary/aromatic N) is 2. The molecule has 1 aromatic heterocycles. The van der Waals surface area contributed by atoms with Gasteiger partial charge in [0.2, 0.25) is 0 Å². The number of amidine groups is 1. The first-order valence-electron chi connectivity index (χ1n) is 6.06. The Morgan fingerprint density at radius 3 is 3.06 bits per heavy atom. The van der Waals surface area contributed by atoms with Crippen LogP contribution in [0.5, 0.6) is 0 Å². The van der Waals surface area contributed by atoms with Gasteiger partial charge in [-0.25, -0.2) is 0 Å². The number of aliphatic imine (C=N–C) groups is 1. The molecular weight excluding hydrogens is 198 g/mol. The van der Waals surface area contributed by atoms with Gasteiger partial charge in [-0.3, -0.25) is 9.98 Å². The van der Waals surface area contributed by atoms with Gasteiger partial charge in [0.25, 0.3) is 0 Å². The number of hydrogen-bond acceptors (Lipinski definition) is 3. The Bertz CT molecular complexity index is 345. The van der Waals surface area contributed by atoms with Crippen molar-refractivity contribution in [2.45, 2.75) is 38.6 Å². The maximum absolute atomic E-state index is 4.57. The van der Waals surface area contributed by atoms with Crippen LogP contribution >= 0.6 is 0 Å². The van der Waals surface area contributed by atoms with Crippen molar-refractivity contribution in [1.29, 1.82) is 0 Å².